The van der Waals surface area contributed by atoms with E-state index in [9.17, 15) is 4.39 Å². The third-order valence-electron chi connectivity index (χ3n) is 1.78. The van der Waals surface area contributed by atoms with E-state index in [2.05, 4.69) is 0 Å². The van der Waals surface area contributed by atoms with Crippen LogP contribution in [0.25, 0.3) is 0 Å². The number of allylic oxidation sites excluding steroid dienone is 1. The number of hydrogen-bond donors (Lipinski definition) is 0. The van der Waals surface area contributed by atoms with Crippen molar-refractivity contribution in [1.29, 1.82) is 0 Å². The first kappa shape index (κ1) is 9.78. The van der Waals surface area contributed by atoms with Crippen molar-refractivity contribution in [3.63, 3.8) is 0 Å². The summed E-state index contributed by atoms with van der Waals surface area (Å²) in [4.78, 5) is 0. The Hall–Kier alpha value is -1.31. The Morgan fingerprint density at radius 2 is 2.15 bits per heavy atom. The van der Waals surface area contributed by atoms with Crippen molar-refractivity contribution in [3.8, 4) is 5.75 Å². The normalized spacial score (nSPS) is 11.5. The average Bonchev–Trinajstić information content (AvgIpc) is 2.16. The molecule has 0 atom stereocenters. The summed E-state index contributed by atoms with van der Waals surface area (Å²) in [5.74, 6) is -0.00453. The first-order chi connectivity index (χ1) is 6.24. The van der Waals surface area contributed by atoms with Crippen LogP contribution >= 0.6 is 0 Å². The van der Waals surface area contributed by atoms with Crippen LogP contribution in [0.2, 0.25) is 0 Å². The highest BCUT2D eigenvalue weighted by Gasteiger charge is 2.00. The number of halogens is 1. The second-order valence-corrected chi connectivity index (χ2v) is 2.85. The topological polar surface area (TPSA) is 9.23 Å². The van der Waals surface area contributed by atoms with E-state index in [0.29, 0.717) is 12.4 Å². The molecule has 0 unspecified atom stereocenters. The van der Waals surface area contributed by atoms with Crippen LogP contribution in [-0.4, -0.2) is 6.61 Å². The predicted octanol–water partition coefficient (Wildman–Crippen LogP) is 3.17. The fourth-order valence-corrected chi connectivity index (χ4v) is 0.837. The van der Waals surface area contributed by atoms with Crippen molar-refractivity contribution in [2.45, 2.75) is 13.8 Å². The maximum Gasteiger partial charge on any atom is 0.165 e. The molecule has 0 fully saturated rings. The van der Waals surface area contributed by atoms with Crippen molar-refractivity contribution in [3.05, 3.63) is 41.7 Å². The molecule has 0 N–H and O–H groups in total. The molecule has 2 heteroatoms. The maximum absolute atomic E-state index is 13.0. The van der Waals surface area contributed by atoms with Gasteiger partial charge in [0.1, 0.15) is 6.61 Å². The monoisotopic (exact) mass is 180 g/mol. The van der Waals surface area contributed by atoms with E-state index in [0.717, 1.165) is 5.57 Å². The van der Waals surface area contributed by atoms with E-state index in [1.165, 1.54) is 6.07 Å². The van der Waals surface area contributed by atoms with Crippen LogP contribution in [0.1, 0.15) is 13.8 Å². The molecule has 0 bridgehead atoms. The van der Waals surface area contributed by atoms with Gasteiger partial charge in [-0.25, -0.2) is 4.39 Å². The molecule has 0 aromatic heterocycles. The summed E-state index contributed by atoms with van der Waals surface area (Å²) in [6.45, 7) is 4.32. The number of para-hydroxylation sites is 1. The molecule has 0 saturated heterocycles. The van der Waals surface area contributed by atoms with Crippen LogP contribution in [0.4, 0.5) is 4.39 Å². The van der Waals surface area contributed by atoms with Crippen LogP contribution in [0, 0.1) is 5.82 Å². The molecule has 1 aromatic rings. The highest BCUT2D eigenvalue weighted by molar-refractivity contribution is 5.24. The Balaban J connectivity index is 2.60. The van der Waals surface area contributed by atoms with Gasteiger partial charge in [0.25, 0.3) is 0 Å². The molecule has 0 amide bonds. The molecule has 0 radical (unpaired) electrons. The SMILES string of the molecule is CC=C(C)COc1ccccc1F. The molecule has 0 saturated carbocycles. The van der Waals surface area contributed by atoms with Crippen molar-refractivity contribution < 1.29 is 9.13 Å². The lowest BCUT2D eigenvalue weighted by molar-refractivity contribution is 0.332. The predicted molar refractivity (Wildman–Crippen MR) is 51.3 cm³/mol. The van der Waals surface area contributed by atoms with Gasteiger partial charge in [0.2, 0.25) is 0 Å². The molecular formula is C11H13FO. The first-order valence-electron chi connectivity index (χ1n) is 4.23. The van der Waals surface area contributed by atoms with Crippen LogP contribution in [0.5, 0.6) is 5.75 Å². The van der Waals surface area contributed by atoms with E-state index in [1.54, 1.807) is 18.2 Å². The summed E-state index contributed by atoms with van der Waals surface area (Å²) in [6.07, 6.45) is 1.95. The fraction of sp³-hybridized carbons (Fsp3) is 0.273. The van der Waals surface area contributed by atoms with Gasteiger partial charge >= 0.3 is 0 Å². The van der Waals surface area contributed by atoms with Gasteiger partial charge < -0.3 is 4.74 Å². The van der Waals surface area contributed by atoms with Gasteiger partial charge in [0, 0.05) is 0 Å². The summed E-state index contributed by atoms with van der Waals surface area (Å²) in [5.41, 5.74) is 1.09. The van der Waals surface area contributed by atoms with Crippen molar-refractivity contribution >= 4 is 0 Å². The highest BCUT2D eigenvalue weighted by Crippen LogP contribution is 2.15. The van der Waals surface area contributed by atoms with Gasteiger partial charge in [-0.05, 0) is 31.6 Å². The molecule has 1 nitrogen and oxygen atoms in total. The summed E-state index contributed by atoms with van der Waals surface area (Å²) >= 11 is 0. The zero-order chi connectivity index (χ0) is 9.68. The van der Waals surface area contributed by atoms with E-state index in [4.69, 9.17) is 4.74 Å². The molecule has 70 valence electrons. The molecule has 0 aliphatic rings. The minimum atomic E-state index is -0.314. The Morgan fingerprint density at radius 3 is 2.77 bits per heavy atom. The van der Waals surface area contributed by atoms with Gasteiger partial charge in [0.15, 0.2) is 11.6 Å². The standard InChI is InChI=1S/C11H13FO/c1-3-9(2)8-13-11-7-5-4-6-10(11)12/h3-7H,8H2,1-2H3. The van der Waals surface area contributed by atoms with Gasteiger partial charge in [0.05, 0.1) is 0 Å². The van der Waals surface area contributed by atoms with E-state index < -0.39 is 0 Å². The Kier molecular flexibility index (Phi) is 3.50. The van der Waals surface area contributed by atoms with Crippen LogP contribution in [0.15, 0.2) is 35.9 Å². The van der Waals surface area contributed by atoms with Crippen molar-refractivity contribution in [1.82, 2.24) is 0 Å². The summed E-state index contributed by atoms with van der Waals surface area (Å²) in [6, 6.07) is 6.41. The third kappa shape index (κ3) is 2.90. The smallest absolute Gasteiger partial charge is 0.165 e. The van der Waals surface area contributed by atoms with E-state index in [-0.39, 0.29) is 5.82 Å². The summed E-state index contributed by atoms with van der Waals surface area (Å²) in [7, 11) is 0. The quantitative estimate of drug-likeness (QED) is 0.649. The van der Waals surface area contributed by atoms with Crippen molar-refractivity contribution in [2.75, 3.05) is 6.61 Å². The average molecular weight is 180 g/mol. The Morgan fingerprint density at radius 1 is 1.46 bits per heavy atom. The minimum absolute atomic E-state index is 0.309. The van der Waals surface area contributed by atoms with Crippen molar-refractivity contribution in [2.24, 2.45) is 0 Å². The maximum atomic E-state index is 13.0. The first-order valence-corrected chi connectivity index (χ1v) is 4.23. The van der Waals surface area contributed by atoms with Crippen LogP contribution in [-0.2, 0) is 0 Å². The molecule has 0 aliphatic carbocycles. The third-order valence-corrected chi connectivity index (χ3v) is 1.78. The molecule has 1 rings (SSSR count). The Bertz CT molecular complexity index is 305. The zero-order valence-corrected chi connectivity index (χ0v) is 7.88. The summed E-state index contributed by atoms with van der Waals surface area (Å²) < 4.78 is 18.2. The molecule has 0 heterocycles. The molecule has 13 heavy (non-hydrogen) atoms. The molecule has 0 aliphatic heterocycles. The lowest BCUT2D eigenvalue weighted by Crippen LogP contribution is -1.99. The number of benzene rings is 1. The van der Waals surface area contributed by atoms with Crippen LogP contribution in [0.3, 0.4) is 0 Å². The molecular weight excluding hydrogens is 167 g/mol. The molecule has 0 spiro atoms. The van der Waals surface area contributed by atoms with E-state index in [1.807, 2.05) is 19.9 Å². The van der Waals surface area contributed by atoms with Gasteiger partial charge in [-0.3, -0.25) is 0 Å². The minimum Gasteiger partial charge on any atom is -0.486 e. The summed E-state index contributed by atoms with van der Waals surface area (Å²) in [5, 5.41) is 0. The van der Waals surface area contributed by atoms with Crippen LogP contribution < -0.4 is 4.74 Å². The largest absolute Gasteiger partial charge is 0.486 e. The number of hydrogen-bond acceptors (Lipinski definition) is 1. The zero-order valence-electron chi connectivity index (χ0n) is 7.88. The number of ether oxygens (including phenoxy) is 1. The lowest BCUT2D eigenvalue weighted by atomic mass is 10.3. The second-order valence-electron chi connectivity index (χ2n) is 2.85. The highest BCUT2D eigenvalue weighted by atomic mass is 19.1. The Labute approximate surface area is 77.8 Å². The molecule has 1 aromatic carbocycles. The number of rotatable bonds is 3. The fourth-order valence-electron chi connectivity index (χ4n) is 0.837. The van der Waals surface area contributed by atoms with Gasteiger partial charge in [-0.15, -0.1) is 0 Å². The second kappa shape index (κ2) is 4.65. The van der Waals surface area contributed by atoms with Gasteiger partial charge in [-0.2, -0.15) is 0 Å². The lowest BCUT2D eigenvalue weighted by Gasteiger charge is -2.06. The van der Waals surface area contributed by atoms with E-state index >= 15 is 0 Å². The van der Waals surface area contributed by atoms with Gasteiger partial charge in [-0.1, -0.05) is 18.2 Å².